The van der Waals surface area contributed by atoms with Gasteiger partial charge in [-0.15, -0.1) is 0 Å². The molecule has 1 aliphatic rings. The number of carbonyl (C=O) groups is 1. The van der Waals surface area contributed by atoms with Crippen LogP contribution in [-0.4, -0.2) is 46.1 Å². The molecule has 9 heteroatoms. The van der Waals surface area contributed by atoms with Crippen molar-refractivity contribution in [1.29, 1.82) is 0 Å². The number of aryl methyl sites for hydroxylation is 1. The first-order chi connectivity index (χ1) is 14.0. The summed E-state index contributed by atoms with van der Waals surface area (Å²) in [6, 6.07) is 10.9. The van der Waals surface area contributed by atoms with Crippen molar-refractivity contribution in [3.63, 3.8) is 0 Å². The van der Waals surface area contributed by atoms with Gasteiger partial charge in [-0.25, -0.2) is 13.1 Å². The van der Waals surface area contributed by atoms with Crippen LogP contribution < -0.4 is 5.32 Å². The molecule has 8 nitrogen and oxygen atoms in total. The average Bonchev–Trinajstić information content (AvgIpc) is 3.47. The molecule has 0 aliphatic carbocycles. The summed E-state index contributed by atoms with van der Waals surface area (Å²) in [6.45, 7) is 1.36. The summed E-state index contributed by atoms with van der Waals surface area (Å²) in [4.78, 5) is 12.9. The lowest BCUT2D eigenvalue weighted by Crippen LogP contribution is -2.27. The van der Waals surface area contributed by atoms with Crippen LogP contribution in [0.3, 0.4) is 0 Å². The first-order valence-corrected chi connectivity index (χ1v) is 10.9. The van der Waals surface area contributed by atoms with E-state index in [1.54, 1.807) is 22.5 Å². The Morgan fingerprint density at radius 1 is 1.17 bits per heavy atom. The predicted octanol–water partition coefficient (Wildman–Crippen LogP) is 1.93. The molecule has 0 saturated carbocycles. The molecule has 3 aromatic rings. The maximum atomic E-state index is 12.7. The smallest absolute Gasteiger partial charge is 0.268 e. The molecule has 1 aliphatic heterocycles. The van der Waals surface area contributed by atoms with Gasteiger partial charge < -0.3 is 9.88 Å². The van der Waals surface area contributed by atoms with E-state index in [1.807, 2.05) is 36.5 Å². The van der Waals surface area contributed by atoms with Gasteiger partial charge in [0.15, 0.2) is 0 Å². The van der Waals surface area contributed by atoms with Crippen LogP contribution in [-0.2, 0) is 23.6 Å². The number of rotatable bonds is 6. The van der Waals surface area contributed by atoms with Crippen molar-refractivity contribution in [3.8, 4) is 5.69 Å². The number of benzene rings is 1. The first-order valence-electron chi connectivity index (χ1n) is 9.49. The molecule has 3 heterocycles. The maximum Gasteiger partial charge on any atom is 0.268 e. The minimum atomic E-state index is -3.56. The molecule has 0 spiro atoms. The summed E-state index contributed by atoms with van der Waals surface area (Å²) in [5.41, 5.74) is 2.09. The van der Waals surface area contributed by atoms with E-state index in [0.29, 0.717) is 25.3 Å². The fourth-order valence-corrected chi connectivity index (χ4v) is 5.13. The Morgan fingerprint density at radius 3 is 2.66 bits per heavy atom. The number of nitrogens with zero attached hydrogens (tertiary/aromatic N) is 4. The molecular weight excluding hydrogens is 390 g/mol. The molecule has 2 aromatic heterocycles. The Labute approximate surface area is 169 Å². The van der Waals surface area contributed by atoms with Crippen LogP contribution in [0.25, 0.3) is 5.69 Å². The molecule has 1 amide bonds. The fourth-order valence-electron chi connectivity index (χ4n) is 3.54. The number of hydrogen-bond donors (Lipinski definition) is 1. The van der Waals surface area contributed by atoms with E-state index < -0.39 is 10.0 Å². The van der Waals surface area contributed by atoms with E-state index in [4.69, 9.17) is 0 Å². The molecule has 1 aromatic carbocycles. The number of hydrogen-bond acceptors (Lipinski definition) is 4. The van der Waals surface area contributed by atoms with E-state index in [1.165, 1.54) is 16.6 Å². The van der Waals surface area contributed by atoms with Gasteiger partial charge in [-0.3, -0.25) is 4.79 Å². The van der Waals surface area contributed by atoms with Crippen LogP contribution in [0.15, 0.2) is 59.9 Å². The Hall–Kier alpha value is -2.91. The molecule has 0 radical (unpaired) electrons. The summed E-state index contributed by atoms with van der Waals surface area (Å²) in [5.74, 6) is -0.328. The van der Waals surface area contributed by atoms with Gasteiger partial charge >= 0.3 is 0 Å². The van der Waals surface area contributed by atoms with E-state index >= 15 is 0 Å². The maximum absolute atomic E-state index is 12.7. The van der Waals surface area contributed by atoms with Crippen LogP contribution in [0.5, 0.6) is 0 Å². The van der Waals surface area contributed by atoms with Crippen LogP contribution in [0, 0.1) is 0 Å². The lowest BCUT2D eigenvalue weighted by Gasteiger charge is -2.13. The Kier molecular flexibility index (Phi) is 5.25. The number of carbonyl (C=O) groups excluding carboxylic acids is 1. The SMILES string of the molecule is Cn1cc(S(=O)(=O)N2CCCC2)cc1C(=O)NCc1ccccc1-n1cccn1. The highest BCUT2D eigenvalue weighted by Crippen LogP contribution is 2.22. The zero-order chi connectivity index (χ0) is 20.4. The summed E-state index contributed by atoms with van der Waals surface area (Å²) < 4.78 is 30.3. The van der Waals surface area contributed by atoms with Gasteiger partial charge in [-0.2, -0.15) is 9.40 Å². The molecule has 4 rings (SSSR count). The van der Waals surface area contributed by atoms with Crippen molar-refractivity contribution >= 4 is 15.9 Å². The first kappa shape index (κ1) is 19.4. The standard InChI is InChI=1S/C20H23N5O3S/c1-23-15-17(29(27,28)24-10-4-5-11-24)13-19(23)20(26)21-14-16-7-2-3-8-18(16)25-12-6-9-22-25/h2-3,6-9,12-13,15H,4-5,10-11,14H2,1H3,(H,21,26). The van der Waals surface area contributed by atoms with Gasteiger partial charge in [-0.05, 0) is 36.6 Å². The van der Waals surface area contributed by atoms with E-state index in [9.17, 15) is 13.2 Å². The second kappa shape index (κ2) is 7.84. The lowest BCUT2D eigenvalue weighted by atomic mass is 10.1. The summed E-state index contributed by atoms with van der Waals surface area (Å²) in [6.07, 6.45) is 6.78. The Balaban J connectivity index is 1.51. The minimum absolute atomic E-state index is 0.156. The van der Waals surface area contributed by atoms with Gasteiger partial charge in [0.25, 0.3) is 5.91 Å². The van der Waals surface area contributed by atoms with E-state index in [2.05, 4.69) is 10.4 Å². The molecule has 0 unspecified atom stereocenters. The average molecular weight is 414 g/mol. The van der Waals surface area contributed by atoms with Crippen LogP contribution in [0.4, 0.5) is 0 Å². The third kappa shape index (κ3) is 3.83. The highest BCUT2D eigenvalue weighted by atomic mass is 32.2. The monoisotopic (exact) mass is 413 g/mol. The molecule has 0 atom stereocenters. The van der Waals surface area contributed by atoms with Crippen molar-refractivity contribution in [2.24, 2.45) is 7.05 Å². The van der Waals surface area contributed by atoms with E-state index in [0.717, 1.165) is 24.1 Å². The molecule has 1 N–H and O–H groups in total. The molecule has 0 bridgehead atoms. The second-order valence-electron chi connectivity index (χ2n) is 7.05. The molecule has 1 fully saturated rings. The minimum Gasteiger partial charge on any atom is -0.347 e. The van der Waals surface area contributed by atoms with Crippen LogP contribution in [0.1, 0.15) is 28.9 Å². The summed E-state index contributed by atoms with van der Waals surface area (Å²) in [7, 11) is -1.88. The van der Waals surface area contributed by atoms with Crippen LogP contribution in [0.2, 0.25) is 0 Å². The predicted molar refractivity (Wildman–Crippen MR) is 108 cm³/mol. The molecule has 1 saturated heterocycles. The normalized spacial score (nSPS) is 14.9. The third-order valence-corrected chi connectivity index (χ3v) is 6.96. The fraction of sp³-hybridized carbons (Fsp3) is 0.300. The van der Waals surface area contributed by atoms with Gasteiger partial charge in [0, 0.05) is 45.3 Å². The number of aromatic nitrogens is 3. The van der Waals surface area contributed by atoms with Crippen molar-refractivity contribution in [2.75, 3.05) is 13.1 Å². The Morgan fingerprint density at radius 2 is 1.93 bits per heavy atom. The Bertz CT molecular complexity index is 1110. The van der Waals surface area contributed by atoms with Crippen LogP contribution >= 0.6 is 0 Å². The van der Waals surface area contributed by atoms with Gasteiger partial charge in [0.2, 0.25) is 10.0 Å². The van der Waals surface area contributed by atoms with E-state index in [-0.39, 0.29) is 10.8 Å². The number of sulfonamides is 1. The van der Waals surface area contributed by atoms with Crippen molar-refractivity contribution in [1.82, 2.24) is 24.0 Å². The molecular formula is C20H23N5O3S. The third-order valence-electron chi connectivity index (χ3n) is 5.10. The quantitative estimate of drug-likeness (QED) is 0.669. The molecule has 152 valence electrons. The van der Waals surface area contributed by atoms with Crippen molar-refractivity contribution in [2.45, 2.75) is 24.3 Å². The zero-order valence-electron chi connectivity index (χ0n) is 16.2. The van der Waals surface area contributed by atoms with Crippen molar-refractivity contribution < 1.29 is 13.2 Å². The van der Waals surface area contributed by atoms with Gasteiger partial charge in [0.1, 0.15) is 10.6 Å². The van der Waals surface area contributed by atoms with Gasteiger partial charge in [-0.1, -0.05) is 18.2 Å². The summed E-state index contributed by atoms with van der Waals surface area (Å²) >= 11 is 0. The number of para-hydroxylation sites is 1. The highest BCUT2D eigenvalue weighted by molar-refractivity contribution is 7.89. The largest absolute Gasteiger partial charge is 0.347 e. The summed E-state index contributed by atoms with van der Waals surface area (Å²) in [5, 5.41) is 7.13. The second-order valence-corrected chi connectivity index (χ2v) is 8.98. The zero-order valence-corrected chi connectivity index (χ0v) is 17.0. The number of nitrogens with one attached hydrogen (secondary N) is 1. The lowest BCUT2D eigenvalue weighted by molar-refractivity contribution is 0.0942. The topological polar surface area (TPSA) is 89.2 Å². The van der Waals surface area contributed by atoms with Crippen molar-refractivity contribution in [3.05, 3.63) is 66.2 Å². The highest BCUT2D eigenvalue weighted by Gasteiger charge is 2.29. The molecule has 29 heavy (non-hydrogen) atoms. The number of amides is 1. The van der Waals surface area contributed by atoms with Gasteiger partial charge in [0.05, 0.1) is 5.69 Å².